The monoisotopic (exact) mass is 364 g/mol. The number of ether oxygens (including phenoxy) is 1. The van der Waals surface area contributed by atoms with Crippen molar-refractivity contribution in [1.82, 2.24) is 0 Å². The van der Waals surface area contributed by atoms with E-state index in [4.69, 9.17) is 4.74 Å². The first-order valence-corrected chi connectivity index (χ1v) is 10.1. The minimum atomic E-state index is 0. The second kappa shape index (κ2) is 11.6. The Morgan fingerprint density at radius 1 is 0.962 bits per heavy atom. The van der Waals surface area contributed by atoms with Crippen LogP contribution in [-0.4, -0.2) is 31.0 Å². The summed E-state index contributed by atoms with van der Waals surface area (Å²) >= 11 is 0. The van der Waals surface area contributed by atoms with Crippen molar-refractivity contribution in [2.24, 2.45) is 0 Å². The van der Waals surface area contributed by atoms with Gasteiger partial charge in [0.25, 0.3) is 0 Å². The molecular formula is C22H30LiO2P. The van der Waals surface area contributed by atoms with Gasteiger partial charge in [-0.25, -0.2) is 0 Å². The molecule has 0 heterocycles. The average Bonchev–Trinajstić information content (AvgIpc) is 2.57. The van der Waals surface area contributed by atoms with Gasteiger partial charge in [-0.15, -0.1) is 0 Å². The Labute approximate surface area is 172 Å². The van der Waals surface area contributed by atoms with Crippen molar-refractivity contribution in [2.45, 2.75) is 53.4 Å². The Kier molecular flexibility index (Phi) is 10.3. The van der Waals surface area contributed by atoms with Crippen molar-refractivity contribution in [1.29, 1.82) is 0 Å². The van der Waals surface area contributed by atoms with Crippen LogP contribution in [0.2, 0.25) is 0 Å². The van der Waals surface area contributed by atoms with Crippen molar-refractivity contribution in [3.8, 4) is 5.75 Å². The Bertz CT molecular complexity index is 708. The zero-order valence-electron chi connectivity index (χ0n) is 15.8. The summed E-state index contributed by atoms with van der Waals surface area (Å²) in [4.78, 5) is 12.7. The van der Waals surface area contributed by atoms with E-state index in [-0.39, 0.29) is 33.0 Å². The fraction of sp³-hybridized carbons (Fsp3) is 0.409. The molecular weight excluding hydrogens is 334 g/mol. The molecule has 0 amide bonds. The first-order chi connectivity index (χ1) is 12.0. The summed E-state index contributed by atoms with van der Waals surface area (Å²) in [5.41, 5.74) is 4.33. The maximum atomic E-state index is 12.7. The van der Waals surface area contributed by atoms with Crippen LogP contribution in [0.3, 0.4) is 0 Å². The molecule has 0 aromatic heterocycles. The van der Waals surface area contributed by atoms with Crippen molar-refractivity contribution < 1.29 is 9.53 Å². The van der Waals surface area contributed by atoms with Crippen LogP contribution in [0, 0.1) is 20.8 Å². The fourth-order valence-electron chi connectivity index (χ4n) is 2.94. The first-order valence-electron chi connectivity index (χ1n) is 9.14. The number of carbonyl (C=O) groups is 1. The Morgan fingerprint density at radius 3 is 2.27 bits per heavy atom. The van der Waals surface area contributed by atoms with Gasteiger partial charge in [-0.3, -0.25) is 4.79 Å². The summed E-state index contributed by atoms with van der Waals surface area (Å²) in [6.07, 6.45) is 4.83. The molecule has 2 aromatic carbocycles. The van der Waals surface area contributed by atoms with E-state index in [1.165, 1.54) is 19.3 Å². The molecule has 0 N–H and O–H groups in total. The van der Waals surface area contributed by atoms with Gasteiger partial charge in [0.2, 0.25) is 0 Å². The third kappa shape index (κ3) is 6.59. The molecule has 2 nitrogen and oxygen atoms in total. The molecule has 0 saturated heterocycles. The van der Waals surface area contributed by atoms with Gasteiger partial charge in [-0.1, -0.05) is 50.5 Å². The molecule has 1 unspecified atom stereocenters. The molecule has 2 rings (SSSR count). The molecule has 1 atom stereocenters. The van der Waals surface area contributed by atoms with E-state index in [1.807, 2.05) is 44.2 Å². The van der Waals surface area contributed by atoms with Gasteiger partial charge >= 0.3 is 18.9 Å². The summed E-state index contributed by atoms with van der Waals surface area (Å²) in [5, 5.41) is 1.10. The fourth-order valence-corrected chi connectivity index (χ4v) is 4.14. The normalized spacial score (nSPS) is 10.8. The van der Waals surface area contributed by atoms with Crippen LogP contribution in [0.5, 0.6) is 5.75 Å². The summed E-state index contributed by atoms with van der Waals surface area (Å²) in [6.45, 7) is 9.05. The van der Waals surface area contributed by atoms with E-state index in [0.717, 1.165) is 46.3 Å². The molecule has 0 bridgehead atoms. The summed E-state index contributed by atoms with van der Waals surface area (Å²) < 4.78 is 5.83. The summed E-state index contributed by atoms with van der Waals surface area (Å²) in [5.74, 6) is 0.905. The van der Waals surface area contributed by atoms with E-state index in [9.17, 15) is 4.79 Å². The van der Waals surface area contributed by atoms with Gasteiger partial charge in [0, 0.05) is 5.56 Å². The third-order valence-electron chi connectivity index (χ3n) is 4.42. The number of carbonyl (C=O) groups excluding carboxylic acids is 1. The zero-order valence-corrected chi connectivity index (χ0v) is 16.8. The standard InChI is InChI=1S/C22H29O2P.Li.H/c1-5-6-7-8-14-24-19-12-13-20(18(4)15-19)25-22(23)21-16(2)10-9-11-17(21)3;;/h9-13,15,25H,5-8,14H2,1-4H3;;. The van der Waals surface area contributed by atoms with E-state index >= 15 is 0 Å². The molecule has 0 aliphatic carbocycles. The Morgan fingerprint density at radius 2 is 1.65 bits per heavy atom. The topological polar surface area (TPSA) is 26.3 Å². The van der Waals surface area contributed by atoms with Crippen LogP contribution in [0.4, 0.5) is 0 Å². The molecule has 2 aromatic rings. The van der Waals surface area contributed by atoms with Crippen molar-refractivity contribution in [3.05, 3.63) is 58.7 Å². The zero-order chi connectivity index (χ0) is 18.2. The molecule has 0 aliphatic rings. The summed E-state index contributed by atoms with van der Waals surface area (Å²) in [7, 11) is 0.151. The van der Waals surface area contributed by atoms with Gasteiger partial charge in [0.05, 0.1) is 6.61 Å². The Hall–Kier alpha value is -1.06. The van der Waals surface area contributed by atoms with Crippen molar-refractivity contribution in [2.75, 3.05) is 6.61 Å². The van der Waals surface area contributed by atoms with Crippen LogP contribution in [0.25, 0.3) is 0 Å². The first kappa shape index (κ1) is 23.0. The number of benzene rings is 2. The number of hydrogen-bond acceptors (Lipinski definition) is 2. The molecule has 0 radical (unpaired) electrons. The van der Waals surface area contributed by atoms with E-state index < -0.39 is 0 Å². The van der Waals surface area contributed by atoms with Crippen molar-refractivity contribution in [3.63, 3.8) is 0 Å². The number of unbranched alkanes of at least 4 members (excludes halogenated alkanes) is 3. The van der Waals surface area contributed by atoms with Crippen LogP contribution in [0.15, 0.2) is 36.4 Å². The summed E-state index contributed by atoms with van der Waals surface area (Å²) in [6, 6.07) is 12.1. The SMILES string of the molecule is CCCCCCOc1ccc(PC(=O)c2c(C)cccc2C)c(C)c1.[LiH]. The quantitative estimate of drug-likeness (QED) is 0.353. The van der Waals surface area contributed by atoms with E-state index in [2.05, 4.69) is 19.9 Å². The maximum absolute atomic E-state index is 12.7. The van der Waals surface area contributed by atoms with Crippen LogP contribution in [0.1, 0.15) is 59.7 Å². The number of aryl methyl sites for hydroxylation is 3. The Balaban J connectivity index is 0.00000338. The van der Waals surface area contributed by atoms with Crippen molar-refractivity contribution >= 4 is 38.3 Å². The van der Waals surface area contributed by atoms with Gasteiger partial charge in [0.15, 0.2) is 5.52 Å². The third-order valence-corrected chi connectivity index (χ3v) is 5.73. The number of rotatable bonds is 9. The second-order valence-electron chi connectivity index (χ2n) is 6.61. The van der Waals surface area contributed by atoms with Gasteiger partial charge in [-0.2, -0.15) is 0 Å². The molecule has 0 spiro atoms. The molecule has 0 aliphatic heterocycles. The van der Waals surface area contributed by atoms with Crippen LogP contribution in [-0.2, 0) is 0 Å². The molecule has 4 heteroatoms. The molecule has 136 valence electrons. The minimum absolute atomic E-state index is 0. The predicted molar refractivity (Wildman–Crippen MR) is 116 cm³/mol. The van der Waals surface area contributed by atoms with E-state index in [0.29, 0.717) is 0 Å². The van der Waals surface area contributed by atoms with E-state index in [1.54, 1.807) is 0 Å². The molecule has 0 saturated carbocycles. The van der Waals surface area contributed by atoms with Gasteiger partial charge in [-0.05, 0) is 69.9 Å². The van der Waals surface area contributed by atoms with Crippen LogP contribution >= 0.6 is 8.58 Å². The number of hydrogen-bond donors (Lipinski definition) is 0. The second-order valence-corrected chi connectivity index (χ2v) is 7.85. The average molecular weight is 364 g/mol. The van der Waals surface area contributed by atoms with Gasteiger partial charge in [0.1, 0.15) is 5.75 Å². The van der Waals surface area contributed by atoms with Crippen LogP contribution < -0.4 is 10.0 Å². The predicted octanol–water partition coefficient (Wildman–Crippen LogP) is 5.07. The molecule has 0 fully saturated rings. The molecule has 26 heavy (non-hydrogen) atoms. The van der Waals surface area contributed by atoms with Gasteiger partial charge < -0.3 is 4.74 Å².